The topological polar surface area (TPSA) is 21.3 Å². The van der Waals surface area contributed by atoms with E-state index in [0.717, 1.165) is 18.4 Å². The third-order valence-corrected chi connectivity index (χ3v) is 5.75. The molecule has 1 spiro atoms. The van der Waals surface area contributed by atoms with Gasteiger partial charge in [-0.05, 0) is 43.9 Å². The molecule has 2 saturated carbocycles. The first-order chi connectivity index (χ1) is 9.21. The lowest BCUT2D eigenvalue weighted by atomic mass is 9.73. The Morgan fingerprint density at radius 2 is 2.16 bits per heavy atom. The number of hydrogen-bond acceptors (Lipinski definition) is 2. The zero-order chi connectivity index (χ0) is 13.3. The molecular formula is C17H31NO. The summed E-state index contributed by atoms with van der Waals surface area (Å²) in [5.41, 5.74) is 0.326. The van der Waals surface area contributed by atoms with Crippen molar-refractivity contribution in [2.45, 2.75) is 89.3 Å². The Kier molecular flexibility index (Phi) is 4.19. The van der Waals surface area contributed by atoms with Crippen LogP contribution in [0.1, 0.15) is 71.6 Å². The molecule has 1 saturated heterocycles. The molecule has 1 aliphatic heterocycles. The second kappa shape index (κ2) is 5.73. The maximum absolute atomic E-state index is 6.29. The average molecular weight is 265 g/mol. The molecule has 0 bridgehead atoms. The number of hydrogen-bond donors (Lipinski definition) is 1. The highest BCUT2D eigenvalue weighted by molar-refractivity contribution is 5.01. The van der Waals surface area contributed by atoms with Gasteiger partial charge < -0.3 is 10.1 Å². The van der Waals surface area contributed by atoms with E-state index in [-0.39, 0.29) is 0 Å². The molecular weight excluding hydrogens is 234 g/mol. The molecule has 3 aliphatic rings. The molecule has 1 N–H and O–H groups in total. The predicted molar refractivity (Wildman–Crippen MR) is 79.3 cm³/mol. The summed E-state index contributed by atoms with van der Waals surface area (Å²) in [6, 6.07) is 0.643. The van der Waals surface area contributed by atoms with Crippen LogP contribution in [0.15, 0.2) is 0 Å². The van der Waals surface area contributed by atoms with Gasteiger partial charge in [-0.2, -0.15) is 0 Å². The van der Waals surface area contributed by atoms with Crippen LogP contribution >= 0.6 is 0 Å². The number of fused-ring (bicyclic) bond motifs is 1. The molecule has 0 aromatic heterocycles. The zero-order valence-corrected chi connectivity index (χ0v) is 12.8. The second-order valence-corrected chi connectivity index (χ2v) is 7.55. The average Bonchev–Trinajstić information content (AvgIpc) is 2.38. The largest absolute Gasteiger partial charge is 0.375 e. The van der Waals surface area contributed by atoms with E-state index in [2.05, 4.69) is 19.2 Å². The van der Waals surface area contributed by atoms with Crippen LogP contribution < -0.4 is 5.32 Å². The van der Waals surface area contributed by atoms with Crippen LogP contribution in [0.4, 0.5) is 0 Å². The van der Waals surface area contributed by atoms with Crippen LogP contribution in [0.25, 0.3) is 0 Å². The van der Waals surface area contributed by atoms with E-state index in [4.69, 9.17) is 4.74 Å². The number of ether oxygens (including phenoxy) is 1. The van der Waals surface area contributed by atoms with Gasteiger partial charge in [0.2, 0.25) is 0 Å². The molecule has 0 aromatic rings. The fraction of sp³-hybridized carbons (Fsp3) is 1.00. The fourth-order valence-corrected chi connectivity index (χ4v) is 4.88. The van der Waals surface area contributed by atoms with Gasteiger partial charge in [0.25, 0.3) is 0 Å². The van der Waals surface area contributed by atoms with Crippen LogP contribution in [-0.2, 0) is 4.74 Å². The molecule has 5 atom stereocenters. The van der Waals surface area contributed by atoms with E-state index in [1.54, 1.807) is 0 Å². The SMILES string of the molecule is CCCC1CCC2OCC3(CCCC(C)C3)NC2C1. The third-order valence-electron chi connectivity index (χ3n) is 5.75. The number of nitrogens with one attached hydrogen (secondary N) is 1. The van der Waals surface area contributed by atoms with Crippen molar-refractivity contribution in [3.63, 3.8) is 0 Å². The predicted octanol–water partition coefficient (Wildman–Crippen LogP) is 3.89. The Morgan fingerprint density at radius 1 is 1.26 bits per heavy atom. The summed E-state index contributed by atoms with van der Waals surface area (Å²) in [6.45, 7) is 5.70. The van der Waals surface area contributed by atoms with Gasteiger partial charge in [-0.3, -0.25) is 0 Å². The highest BCUT2D eigenvalue weighted by Crippen LogP contribution is 2.39. The third kappa shape index (κ3) is 3.00. The summed E-state index contributed by atoms with van der Waals surface area (Å²) >= 11 is 0. The summed E-state index contributed by atoms with van der Waals surface area (Å²) < 4.78 is 6.29. The normalized spacial score (nSPS) is 47.1. The monoisotopic (exact) mass is 265 g/mol. The standard InChI is InChI=1S/C17H31NO/c1-3-5-14-7-8-16-15(10-14)18-17(12-19-16)9-4-6-13(2)11-17/h13-16,18H,3-12H2,1-2H3. The van der Waals surface area contributed by atoms with E-state index in [1.165, 1.54) is 57.8 Å². The van der Waals surface area contributed by atoms with Crippen LogP contribution in [-0.4, -0.2) is 24.3 Å². The second-order valence-electron chi connectivity index (χ2n) is 7.55. The van der Waals surface area contributed by atoms with Crippen LogP contribution in [0.5, 0.6) is 0 Å². The zero-order valence-electron chi connectivity index (χ0n) is 12.8. The maximum Gasteiger partial charge on any atom is 0.0729 e. The van der Waals surface area contributed by atoms with Crippen molar-refractivity contribution in [2.75, 3.05) is 6.61 Å². The summed E-state index contributed by atoms with van der Waals surface area (Å²) in [5, 5.41) is 4.06. The van der Waals surface area contributed by atoms with Crippen LogP contribution in [0.3, 0.4) is 0 Å². The van der Waals surface area contributed by atoms with Crippen molar-refractivity contribution >= 4 is 0 Å². The Morgan fingerprint density at radius 3 is 2.95 bits per heavy atom. The minimum atomic E-state index is 0.326. The molecule has 0 radical (unpaired) electrons. The van der Waals surface area contributed by atoms with Gasteiger partial charge in [0.15, 0.2) is 0 Å². The first-order valence-electron chi connectivity index (χ1n) is 8.60. The van der Waals surface area contributed by atoms with Gasteiger partial charge in [0.1, 0.15) is 0 Å². The Hall–Kier alpha value is -0.0800. The number of morpholine rings is 1. The van der Waals surface area contributed by atoms with Crippen molar-refractivity contribution in [1.29, 1.82) is 0 Å². The van der Waals surface area contributed by atoms with Crippen molar-refractivity contribution in [1.82, 2.24) is 5.32 Å². The quantitative estimate of drug-likeness (QED) is 0.818. The molecule has 2 heteroatoms. The van der Waals surface area contributed by atoms with Gasteiger partial charge >= 0.3 is 0 Å². The smallest absolute Gasteiger partial charge is 0.0729 e. The molecule has 19 heavy (non-hydrogen) atoms. The molecule has 0 aromatic carbocycles. The van der Waals surface area contributed by atoms with Crippen molar-refractivity contribution in [3.8, 4) is 0 Å². The Bertz CT molecular complexity index is 306. The molecule has 0 amide bonds. The maximum atomic E-state index is 6.29. The highest BCUT2D eigenvalue weighted by atomic mass is 16.5. The summed E-state index contributed by atoms with van der Waals surface area (Å²) in [4.78, 5) is 0. The molecule has 1 heterocycles. The van der Waals surface area contributed by atoms with E-state index < -0.39 is 0 Å². The van der Waals surface area contributed by atoms with Crippen molar-refractivity contribution in [2.24, 2.45) is 11.8 Å². The Labute approximate surface area is 118 Å². The molecule has 110 valence electrons. The lowest BCUT2D eigenvalue weighted by Crippen LogP contribution is -2.65. The summed E-state index contributed by atoms with van der Waals surface area (Å²) in [5.74, 6) is 1.81. The molecule has 3 rings (SSSR count). The van der Waals surface area contributed by atoms with Gasteiger partial charge in [0.05, 0.1) is 12.7 Å². The van der Waals surface area contributed by atoms with Gasteiger partial charge in [-0.1, -0.05) is 39.5 Å². The lowest BCUT2D eigenvalue weighted by molar-refractivity contribution is -0.0991. The van der Waals surface area contributed by atoms with E-state index in [0.29, 0.717) is 17.7 Å². The first-order valence-corrected chi connectivity index (χ1v) is 8.60. The lowest BCUT2D eigenvalue weighted by Gasteiger charge is -2.51. The fourth-order valence-electron chi connectivity index (χ4n) is 4.88. The minimum absolute atomic E-state index is 0.326. The van der Waals surface area contributed by atoms with Gasteiger partial charge in [-0.25, -0.2) is 0 Å². The van der Waals surface area contributed by atoms with Gasteiger partial charge in [0, 0.05) is 11.6 Å². The van der Waals surface area contributed by atoms with E-state index in [9.17, 15) is 0 Å². The van der Waals surface area contributed by atoms with E-state index in [1.807, 2.05) is 0 Å². The molecule has 3 fully saturated rings. The van der Waals surface area contributed by atoms with Crippen molar-refractivity contribution in [3.05, 3.63) is 0 Å². The van der Waals surface area contributed by atoms with Crippen LogP contribution in [0.2, 0.25) is 0 Å². The summed E-state index contributed by atoms with van der Waals surface area (Å²) in [6.07, 6.45) is 12.7. The number of rotatable bonds is 2. The highest BCUT2D eigenvalue weighted by Gasteiger charge is 2.44. The first kappa shape index (κ1) is 13.9. The van der Waals surface area contributed by atoms with Crippen LogP contribution in [0, 0.1) is 11.8 Å². The minimum Gasteiger partial charge on any atom is -0.375 e. The molecule has 2 aliphatic carbocycles. The molecule has 2 nitrogen and oxygen atoms in total. The van der Waals surface area contributed by atoms with E-state index >= 15 is 0 Å². The summed E-state index contributed by atoms with van der Waals surface area (Å²) in [7, 11) is 0. The van der Waals surface area contributed by atoms with Gasteiger partial charge in [-0.15, -0.1) is 0 Å². The van der Waals surface area contributed by atoms with Crippen molar-refractivity contribution < 1.29 is 4.74 Å². The molecule has 5 unspecified atom stereocenters. The Balaban J connectivity index is 1.63.